The number of amides is 2. The SMILES string of the molecule is CCC1N=[N+](CC(=O)Nc2ccncn2)C(=O)c2cc3sccc3n21. The third kappa shape index (κ3) is 2.72. The van der Waals surface area contributed by atoms with Crippen molar-refractivity contribution in [1.82, 2.24) is 14.5 Å². The standard InChI is InChI=1S/C16H14N6O2S/c1-2-14-20-21(8-15(23)19-13-3-5-17-9-18-13)16(24)11-7-12-10(22(11)14)4-6-25-12/h3-7,9,14H,2,8H2,1H3/p+1. The molecule has 4 heterocycles. The summed E-state index contributed by atoms with van der Waals surface area (Å²) >= 11 is 1.59. The van der Waals surface area contributed by atoms with Crippen LogP contribution in [0.1, 0.15) is 30.0 Å². The van der Waals surface area contributed by atoms with Crippen molar-refractivity contribution in [3.05, 3.63) is 41.8 Å². The van der Waals surface area contributed by atoms with Crippen LogP contribution in [0.2, 0.25) is 0 Å². The van der Waals surface area contributed by atoms with E-state index in [0.717, 1.165) is 16.6 Å². The number of hydrogen-bond donors (Lipinski definition) is 1. The molecule has 4 rings (SSSR count). The first-order valence-corrected chi connectivity index (χ1v) is 8.72. The molecule has 1 aliphatic rings. The molecule has 8 nitrogen and oxygen atoms in total. The highest BCUT2D eigenvalue weighted by molar-refractivity contribution is 7.17. The van der Waals surface area contributed by atoms with Gasteiger partial charge in [0.15, 0.2) is 11.9 Å². The van der Waals surface area contributed by atoms with E-state index in [1.54, 1.807) is 17.4 Å². The zero-order chi connectivity index (χ0) is 17.4. The van der Waals surface area contributed by atoms with E-state index in [4.69, 9.17) is 0 Å². The second-order valence-electron chi connectivity index (χ2n) is 5.58. The first-order valence-electron chi connectivity index (χ1n) is 7.84. The Morgan fingerprint density at radius 2 is 2.32 bits per heavy atom. The second kappa shape index (κ2) is 6.17. The zero-order valence-electron chi connectivity index (χ0n) is 13.4. The maximum atomic E-state index is 12.7. The molecule has 1 N–H and O–H groups in total. The van der Waals surface area contributed by atoms with Crippen LogP contribution in [-0.4, -0.2) is 37.6 Å². The summed E-state index contributed by atoms with van der Waals surface area (Å²) in [6.07, 6.45) is 3.40. The van der Waals surface area contributed by atoms with Gasteiger partial charge in [-0.1, -0.05) is 6.92 Å². The van der Waals surface area contributed by atoms with Gasteiger partial charge in [0, 0.05) is 6.20 Å². The van der Waals surface area contributed by atoms with E-state index in [1.807, 2.05) is 29.0 Å². The number of thiophene rings is 1. The van der Waals surface area contributed by atoms with Crippen LogP contribution in [0.3, 0.4) is 0 Å². The number of aromatic nitrogens is 3. The Morgan fingerprint density at radius 1 is 1.44 bits per heavy atom. The summed E-state index contributed by atoms with van der Waals surface area (Å²) in [5, 5.41) is 9.10. The smallest absolute Gasteiger partial charge is 0.305 e. The van der Waals surface area contributed by atoms with Gasteiger partial charge in [0.25, 0.3) is 12.5 Å². The van der Waals surface area contributed by atoms with Crippen LogP contribution in [0.5, 0.6) is 0 Å². The lowest BCUT2D eigenvalue weighted by Crippen LogP contribution is -2.35. The van der Waals surface area contributed by atoms with Gasteiger partial charge in [0.1, 0.15) is 12.1 Å². The molecule has 0 spiro atoms. The van der Waals surface area contributed by atoms with Crippen molar-refractivity contribution in [1.29, 1.82) is 0 Å². The zero-order valence-corrected chi connectivity index (χ0v) is 14.2. The molecular formula is C16H15N6O2S+. The Kier molecular flexibility index (Phi) is 3.85. The van der Waals surface area contributed by atoms with Crippen molar-refractivity contribution >= 4 is 39.2 Å². The Bertz CT molecular complexity index is 991. The van der Waals surface area contributed by atoms with Crippen molar-refractivity contribution in [2.24, 2.45) is 5.11 Å². The Balaban J connectivity index is 1.60. The topological polar surface area (TPSA) is 92.2 Å². The molecule has 0 fully saturated rings. The first kappa shape index (κ1) is 15.6. The minimum atomic E-state index is -0.354. The van der Waals surface area contributed by atoms with Gasteiger partial charge >= 0.3 is 5.91 Å². The minimum Gasteiger partial charge on any atom is -0.305 e. The number of hydrogen-bond acceptors (Lipinski definition) is 6. The Labute approximate surface area is 146 Å². The highest BCUT2D eigenvalue weighted by atomic mass is 32.1. The van der Waals surface area contributed by atoms with Crippen molar-refractivity contribution in [3.8, 4) is 0 Å². The first-order chi connectivity index (χ1) is 12.2. The van der Waals surface area contributed by atoms with Crippen molar-refractivity contribution < 1.29 is 14.3 Å². The van der Waals surface area contributed by atoms with E-state index in [9.17, 15) is 9.59 Å². The molecular weight excluding hydrogens is 340 g/mol. The lowest BCUT2D eigenvalue weighted by Gasteiger charge is -2.17. The maximum absolute atomic E-state index is 12.7. The van der Waals surface area contributed by atoms with Gasteiger partial charge in [-0.15, -0.1) is 11.3 Å². The van der Waals surface area contributed by atoms with Gasteiger partial charge in [0.05, 0.1) is 10.2 Å². The van der Waals surface area contributed by atoms with Crippen molar-refractivity contribution in [2.75, 3.05) is 11.9 Å². The van der Waals surface area contributed by atoms with Crippen LogP contribution in [0.4, 0.5) is 5.82 Å². The maximum Gasteiger partial charge on any atom is 0.460 e. The van der Waals surface area contributed by atoms with Gasteiger partial charge < -0.3 is 9.88 Å². The fraction of sp³-hybridized carbons (Fsp3) is 0.250. The molecule has 126 valence electrons. The summed E-state index contributed by atoms with van der Waals surface area (Å²) < 4.78 is 4.24. The number of carbonyl (C=O) groups excluding carboxylic acids is 2. The number of carbonyl (C=O) groups is 2. The highest BCUT2D eigenvalue weighted by Crippen LogP contribution is 2.33. The predicted octanol–water partition coefficient (Wildman–Crippen LogP) is 2.66. The molecule has 25 heavy (non-hydrogen) atoms. The van der Waals surface area contributed by atoms with Crippen LogP contribution in [-0.2, 0) is 4.79 Å². The molecule has 0 aliphatic carbocycles. The lowest BCUT2D eigenvalue weighted by atomic mass is 10.3. The molecule has 0 saturated heterocycles. The molecule has 0 aromatic carbocycles. The van der Waals surface area contributed by atoms with Crippen LogP contribution in [0, 0.1) is 0 Å². The minimum absolute atomic E-state index is 0.155. The van der Waals surface area contributed by atoms with Gasteiger partial charge in [-0.2, -0.15) is 0 Å². The van der Waals surface area contributed by atoms with Crippen LogP contribution >= 0.6 is 11.3 Å². The van der Waals surface area contributed by atoms with E-state index in [-0.39, 0.29) is 24.5 Å². The fourth-order valence-corrected chi connectivity index (χ4v) is 3.70. The van der Waals surface area contributed by atoms with E-state index < -0.39 is 0 Å². The fourth-order valence-electron chi connectivity index (χ4n) is 2.89. The quantitative estimate of drug-likeness (QED) is 0.728. The van der Waals surface area contributed by atoms with E-state index in [1.165, 1.54) is 17.2 Å². The van der Waals surface area contributed by atoms with Crippen molar-refractivity contribution in [3.63, 3.8) is 0 Å². The number of azo groups is 2. The molecule has 9 heteroatoms. The molecule has 0 radical (unpaired) electrons. The molecule has 0 saturated carbocycles. The Morgan fingerprint density at radius 3 is 3.08 bits per heavy atom. The lowest BCUT2D eigenvalue weighted by molar-refractivity contribution is -0.498. The second-order valence-corrected chi connectivity index (χ2v) is 6.53. The van der Waals surface area contributed by atoms with E-state index in [0.29, 0.717) is 11.5 Å². The third-order valence-electron chi connectivity index (χ3n) is 3.99. The molecule has 1 unspecified atom stereocenters. The van der Waals surface area contributed by atoms with Crippen LogP contribution < -0.4 is 5.32 Å². The number of fused-ring (bicyclic) bond motifs is 3. The molecule has 0 bridgehead atoms. The number of nitrogens with zero attached hydrogens (tertiary/aromatic N) is 5. The number of nitrogens with one attached hydrogen (secondary N) is 1. The normalized spacial score (nSPS) is 16.6. The largest absolute Gasteiger partial charge is 0.460 e. The number of anilines is 1. The van der Waals surface area contributed by atoms with Gasteiger partial charge in [-0.3, -0.25) is 4.79 Å². The highest BCUT2D eigenvalue weighted by Gasteiger charge is 2.37. The molecule has 2 amide bonds. The summed E-state index contributed by atoms with van der Waals surface area (Å²) in [6, 6.07) is 5.45. The average molecular weight is 355 g/mol. The van der Waals surface area contributed by atoms with Gasteiger partial charge in [-0.25, -0.2) is 14.8 Å². The van der Waals surface area contributed by atoms with Crippen LogP contribution in [0.15, 0.2) is 41.2 Å². The van der Waals surface area contributed by atoms with Gasteiger partial charge in [0.2, 0.25) is 0 Å². The molecule has 3 aromatic heterocycles. The summed E-state index contributed by atoms with van der Waals surface area (Å²) in [4.78, 5) is 32.7. The van der Waals surface area contributed by atoms with Crippen LogP contribution in [0.25, 0.3) is 10.2 Å². The Hall–Kier alpha value is -2.94. The summed E-state index contributed by atoms with van der Waals surface area (Å²) in [5.41, 5.74) is 1.58. The predicted molar refractivity (Wildman–Crippen MR) is 91.7 cm³/mol. The summed E-state index contributed by atoms with van der Waals surface area (Å²) in [7, 11) is 0. The van der Waals surface area contributed by atoms with E-state index >= 15 is 0 Å². The van der Waals surface area contributed by atoms with Crippen molar-refractivity contribution in [2.45, 2.75) is 19.5 Å². The molecule has 1 atom stereocenters. The van der Waals surface area contributed by atoms with E-state index in [2.05, 4.69) is 20.4 Å². The van der Waals surface area contributed by atoms with Gasteiger partial charge in [-0.05, 0) is 39.8 Å². The average Bonchev–Trinajstić information content (AvgIpc) is 3.20. The third-order valence-corrected chi connectivity index (χ3v) is 4.85. The monoisotopic (exact) mass is 355 g/mol. The molecule has 1 aliphatic heterocycles. The number of rotatable bonds is 4. The molecule has 3 aromatic rings. The summed E-state index contributed by atoms with van der Waals surface area (Å²) in [5.74, 6) is -0.237. The summed E-state index contributed by atoms with van der Waals surface area (Å²) in [6.45, 7) is 1.85.